The monoisotopic (exact) mass is 305 g/mol. The van der Waals surface area contributed by atoms with Gasteiger partial charge in [-0.15, -0.1) is 0 Å². The second-order valence-electron chi connectivity index (χ2n) is 7.36. The Hall–Kier alpha value is -1.87. The van der Waals surface area contributed by atoms with E-state index in [-0.39, 0.29) is 0 Å². The first-order chi connectivity index (χ1) is 11.3. The van der Waals surface area contributed by atoms with Gasteiger partial charge in [-0.3, -0.25) is 4.98 Å². The van der Waals surface area contributed by atoms with Crippen LogP contribution in [0.1, 0.15) is 48.5 Å². The standard InChI is InChI=1S/C20H23N3/c1-2-7-16-15(6-1)12-17-18(8-5-11-21-17)23-14-20(9-3-4-10-20)22-13-19(16)23/h1-2,5-8,11,19,22H,3-4,9-10,12-14H2. The molecular formula is C20H23N3. The van der Waals surface area contributed by atoms with Crippen molar-refractivity contribution < 1.29 is 0 Å². The molecule has 2 aliphatic heterocycles. The van der Waals surface area contributed by atoms with Crippen LogP contribution < -0.4 is 10.2 Å². The first kappa shape index (κ1) is 13.6. The lowest BCUT2D eigenvalue weighted by atomic mass is 9.89. The van der Waals surface area contributed by atoms with Gasteiger partial charge in [0.1, 0.15) is 0 Å². The second kappa shape index (κ2) is 5.07. The number of piperazine rings is 1. The summed E-state index contributed by atoms with van der Waals surface area (Å²) in [6.07, 6.45) is 8.24. The Morgan fingerprint density at radius 1 is 1.09 bits per heavy atom. The van der Waals surface area contributed by atoms with Crippen LogP contribution in [0.25, 0.3) is 0 Å². The summed E-state index contributed by atoms with van der Waals surface area (Å²) < 4.78 is 0. The summed E-state index contributed by atoms with van der Waals surface area (Å²) in [6, 6.07) is 13.7. The Kier molecular flexibility index (Phi) is 2.99. The van der Waals surface area contributed by atoms with Crippen LogP contribution in [0.4, 0.5) is 5.69 Å². The predicted molar refractivity (Wildman–Crippen MR) is 92.8 cm³/mol. The van der Waals surface area contributed by atoms with Crippen LogP contribution in [0.3, 0.4) is 0 Å². The van der Waals surface area contributed by atoms with Gasteiger partial charge in [0.2, 0.25) is 0 Å². The van der Waals surface area contributed by atoms with E-state index in [1.807, 2.05) is 6.20 Å². The maximum absolute atomic E-state index is 4.72. The minimum absolute atomic E-state index is 0.322. The second-order valence-corrected chi connectivity index (χ2v) is 7.36. The minimum Gasteiger partial charge on any atom is -0.360 e. The molecule has 3 nitrogen and oxygen atoms in total. The fourth-order valence-electron chi connectivity index (χ4n) is 4.86. The van der Waals surface area contributed by atoms with Crippen LogP contribution in [-0.4, -0.2) is 23.6 Å². The summed E-state index contributed by atoms with van der Waals surface area (Å²) in [5, 5.41) is 3.93. The van der Waals surface area contributed by atoms with Gasteiger partial charge >= 0.3 is 0 Å². The smallest absolute Gasteiger partial charge is 0.0680 e. The Balaban J connectivity index is 1.65. The molecule has 3 heterocycles. The molecule has 1 saturated heterocycles. The molecule has 0 amide bonds. The van der Waals surface area contributed by atoms with E-state index in [2.05, 4.69) is 46.6 Å². The molecule has 1 aromatic carbocycles. The highest BCUT2D eigenvalue weighted by atomic mass is 15.3. The quantitative estimate of drug-likeness (QED) is 0.808. The molecule has 5 rings (SSSR count). The molecular weight excluding hydrogens is 282 g/mol. The van der Waals surface area contributed by atoms with Gasteiger partial charge in [0.05, 0.1) is 17.4 Å². The van der Waals surface area contributed by atoms with Crippen LogP contribution >= 0.6 is 0 Å². The van der Waals surface area contributed by atoms with Gasteiger partial charge in [0, 0.05) is 31.2 Å². The highest BCUT2D eigenvalue weighted by molar-refractivity contribution is 5.59. The molecule has 0 bridgehead atoms. The van der Waals surface area contributed by atoms with E-state index in [1.165, 1.54) is 48.2 Å². The zero-order valence-corrected chi connectivity index (χ0v) is 13.5. The Bertz CT molecular complexity index is 733. The van der Waals surface area contributed by atoms with E-state index in [1.54, 1.807) is 0 Å². The van der Waals surface area contributed by atoms with E-state index in [0.29, 0.717) is 11.6 Å². The summed E-state index contributed by atoms with van der Waals surface area (Å²) in [5.74, 6) is 0. The number of hydrogen-bond donors (Lipinski definition) is 1. The topological polar surface area (TPSA) is 28.2 Å². The molecule has 2 fully saturated rings. The molecule has 3 aliphatic rings. The van der Waals surface area contributed by atoms with Crippen molar-refractivity contribution in [1.82, 2.24) is 10.3 Å². The largest absolute Gasteiger partial charge is 0.360 e. The first-order valence-electron chi connectivity index (χ1n) is 8.88. The third-order valence-corrected chi connectivity index (χ3v) is 6.03. The number of hydrogen-bond acceptors (Lipinski definition) is 3. The van der Waals surface area contributed by atoms with Crippen molar-refractivity contribution in [3.63, 3.8) is 0 Å². The Morgan fingerprint density at radius 3 is 2.87 bits per heavy atom. The molecule has 1 N–H and O–H groups in total. The van der Waals surface area contributed by atoms with Crippen molar-refractivity contribution in [3.8, 4) is 0 Å². The molecule has 3 heteroatoms. The molecule has 118 valence electrons. The van der Waals surface area contributed by atoms with E-state index in [9.17, 15) is 0 Å². The van der Waals surface area contributed by atoms with Gasteiger partial charge in [0.25, 0.3) is 0 Å². The van der Waals surface area contributed by atoms with Gasteiger partial charge < -0.3 is 10.2 Å². The van der Waals surface area contributed by atoms with E-state index in [4.69, 9.17) is 4.98 Å². The lowest BCUT2D eigenvalue weighted by molar-refractivity contribution is 0.272. The van der Waals surface area contributed by atoms with Gasteiger partial charge in [-0.05, 0) is 36.1 Å². The Morgan fingerprint density at radius 2 is 1.96 bits per heavy atom. The molecule has 23 heavy (non-hydrogen) atoms. The molecule has 1 unspecified atom stereocenters. The number of benzene rings is 1. The normalized spacial score (nSPS) is 24.7. The molecule has 2 aromatic rings. The summed E-state index contributed by atoms with van der Waals surface area (Å²) in [6.45, 7) is 2.16. The van der Waals surface area contributed by atoms with Crippen molar-refractivity contribution in [3.05, 3.63) is 59.4 Å². The Labute approximate surface area is 137 Å². The van der Waals surface area contributed by atoms with E-state index < -0.39 is 0 Å². The molecule has 1 saturated carbocycles. The lowest BCUT2D eigenvalue weighted by Crippen LogP contribution is -2.60. The van der Waals surface area contributed by atoms with Crippen LogP contribution in [0, 0.1) is 0 Å². The number of aromatic nitrogens is 1. The van der Waals surface area contributed by atoms with Crippen molar-refractivity contribution in [1.29, 1.82) is 0 Å². The van der Waals surface area contributed by atoms with E-state index in [0.717, 1.165) is 19.5 Å². The summed E-state index contributed by atoms with van der Waals surface area (Å²) in [5.41, 5.74) is 5.82. The van der Waals surface area contributed by atoms with Gasteiger partial charge in [-0.1, -0.05) is 37.1 Å². The number of anilines is 1. The average Bonchev–Trinajstić information content (AvgIpc) is 2.98. The van der Waals surface area contributed by atoms with Gasteiger partial charge in [-0.2, -0.15) is 0 Å². The number of fused-ring (bicyclic) bond motifs is 5. The number of nitrogens with one attached hydrogen (secondary N) is 1. The lowest BCUT2D eigenvalue weighted by Gasteiger charge is -2.47. The fraction of sp³-hybridized carbons (Fsp3) is 0.450. The molecule has 1 atom stereocenters. The van der Waals surface area contributed by atoms with Crippen molar-refractivity contribution >= 4 is 5.69 Å². The number of pyridine rings is 1. The maximum atomic E-state index is 4.72. The molecule has 1 spiro atoms. The third kappa shape index (κ3) is 2.10. The van der Waals surface area contributed by atoms with Gasteiger partial charge in [-0.25, -0.2) is 0 Å². The highest BCUT2D eigenvalue weighted by Gasteiger charge is 2.43. The van der Waals surface area contributed by atoms with Crippen LogP contribution in [0.5, 0.6) is 0 Å². The van der Waals surface area contributed by atoms with Crippen LogP contribution in [0.15, 0.2) is 42.6 Å². The van der Waals surface area contributed by atoms with Crippen LogP contribution in [-0.2, 0) is 6.42 Å². The maximum Gasteiger partial charge on any atom is 0.0680 e. The molecule has 1 aliphatic carbocycles. The third-order valence-electron chi connectivity index (χ3n) is 6.03. The minimum atomic E-state index is 0.322. The van der Waals surface area contributed by atoms with Crippen molar-refractivity contribution in [2.24, 2.45) is 0 Å². The SMILES string of the molecule is c1ccc2c(c1)Cc1ncccc1N1CC3(CCCC3)NCC21. The predicted octanol–water partition coefficient (Wildman–Crippen LogP) is 3.45. The van der Waals surface area contributed by atoms with Gasteiger partial charge in [0.15, 0.2) is 0 Å². The number of nitrogens with zero attached hydrogens (tertiary/aromatic N) is 2. The average molecular weight is 305 g/mol. The van der Waals surface area contributed by atoms with Crippen molar-refractivity contribution in [2.75, 3.05) is 18.0 Å². The molecule has 1 aromatic heterocycles. The zero-order chi connectivity index (χ0) is 15.3. The van der Waals surface area contributed by atoms with Crippen LogP contribution in [0.2, 0.25) is 0 Å². The first-order valence-corrected chi connectivity index (χ1v) is 8.88. The number of rotatable bonds is 0. The zero-order valence-electron chi connectivity index (χ0n) is 13.5. The molecule has 0 radical (unpaired) electrons. The van der Waals surface area contributed by atoms with E-state index >= 15 is 0 Å². The fourth-order valence-corrected chi connectivity index (χ4v) is 4.86. The summed E-state index contributed by atoms with van der Waals surface area (Å²) in [7, 11) is 0. The summed E-state index contributed by atoms with van der Waals surface area (Å²) in [4.78, 5) is 7.37. The van der Waals surface area contributed by atoms with Crippen molar-refractivity contribution in [2.45, 2.75) is 43.7 Å². The summed E-state index contributed by atoms with van der Waals surface area (Å²) >= 11 is 0. The highest BCUT2D eigenvalue weighted by Crippen LogP contribution is 2.42.